The van der Waals surface area contributed by atoms with Gasteiger partial charge in [0.1, 0.15) is 5.82 Å². The first kappa shape index (κ1) is 15.4. The summed E-state index contributed by atoms with van der Waals surface area (Å²) in [4.78, 5) is 1.95. The van der Waals surface area contributed by atoms with Crippen LogP contribution in [0.2, 0.25) is 0 Å². The quantitative estimate of drug-likeness (QED) is 0.709. The monoisotopic (exact) mass is 301 g/mol. The van der Waals surface area contributed by atoms with E-state index in [4.69, 9.17) is 10.0 Å². The van der Waals surface area contributed by atoms with Crippen LogP contribution in [0.25, 0.3) is 0 Å². The van der Waals surface area contributed by atoms with E-state index in [0.29, 0.717) is 18.7 Å². The van der Waals surface area contributed by atoms with Gasteiger partial charge in [0.05, 0.1) is 11.5 Å². The Kier molecular flexibility index (Phi) is 4.48. The second-order valence-corrected chi connectivity index (χ2v) is 7.43. The van der Waals surface area contributed by atoms with E-state index in [9.17, 15) is 12.8 Å². The summed E-state index contributed by atoms with van der Waals surface area (Å²) < 4.78 is 36.4. The Morgan fingerprint density at radius 1 is 1.40 bits per heavy atom. The van der Waals surface area contributed by atoms with Crippen LogP contribution in [0.15, 0.2) is 18.2 Å². The van der Waals surface area contributed by atoms with Crippen molar-refractivity contribution in [1.29, 1.82) is 0 Å². The molecule has 1 fully saturated rings. The molecular weight excluding hydrogens is 284 g/mol. The Hall–Kier alpha value is -0.955. The van der Waals surface area contributed by atoms with Crippen molar-refractivity contribution in [3.63, 3.8) is 0 Å². The number of sulfone groups is 1. The van der Waals surface area contributed by atoms with Gasteiger partial charge >= 0.3 is 7.12 Å². The van der Waals surface area contributed by atoms with Crippen LogP contribution < -0.4 is 5.46 Å². The molecule has 1 saturated heterocycles. The molecule has 1 aliphatic heterocycles. The molecule has 0 radical (unpaired) electrons. The average Bonchev–Trinajstić information content (AvgIpc) is 2.31. The maximum Gasteiger partial charge on any atom is 0.488 e. The highest BCUT2D eigenvalue weighted by Gasteiger charge is 2.28. The lowest BCUT2D eigenvalue weighted by atomic mass is 9.79. The molecule has 0 aliphatic carbocycles. The Morgan fingerprint density at radius 2 is 2.10 bits per heavy atom. The highest BCUT2D eigenvalue weighted by molar-refractivity contribution is 7.91. The van der Waals surface area contributed by atoms with Crippen LogP contribution >= 0.6 is 0 Å². The molecule has 0 aromatic heterocycles. The van der Waals surface area contributed by atoms with Gasteiger partial charge in [-0.2, -0.15) is 0 Å². The molecule has 0 saturated carbocycles. The number of hydrogen-bond donors (Lipinski definition) is 2. The van der Waals surface area contributed by atoms with Crippen molar-refractivity contribution >= 4 is 22.4 Å². The number of hydrogen-bond acceptors (Lipinski definition) is 5. The fourth-order valence-electron chi connectivity index (χ4n) is 2.42. The zero-order chi connectivity index (χ0) is 14.9. The van der Waals surface area contributed by atoms with Gasteiger partial charge in [0.2, 0.25) is 0 Å². The summed E-state index contributed by atoms with van der Waals surface area (Å²) >= 11 is 0. The maximum absolute atomic E-state index is 13.4. The molecule has 0 bridgehead atoms. The van der Waals surface area contributed by atoms with Crippen molar-refractivity contribution < 1.29 is 22.9 Å². The van der Waals surface area contributed by atoms with E-state index in [-0.39, 0.29) is 23.0 Å². The summed E-state index contributed by atoms with van der Waals surface area (Å²) in [6.07, 6.45) is 0. The van der Waals surface area contributed by atoms with E-state index in [0.717, 1.165) is 6.07 Å². The molecule has 1 unspecified atom stereocenters. The lowest BCUT2D eigenvalue weighted by Gasteiger charge is -2.33. The summed E-state index contributed by atoms with van der Waals surface area (Å²) in [5.74, 6) is -0.345. The van der Waals surface area contributed by atoms with Crippen LogP contribution in [0.5, 0.6) is 0 Å². The molecule has 2 N–H and O–H groups in total. The topological polar surface area (TPSA) is 77.8 Å². The predicted molar refractivity (Wildman–Crippen MR) is 74.8 cm³/mol. The Bertz CT molecular complexity index is 593. The smallest absolute Gasteiger partial charge is 0.423 e. The molecule has 1 atom stereocenters. The van der Waals surface area contributed by atoms with Gasteiger partial charge in [-0.05, 0) is 30.1 Å². The van der Waals surface area contributed by atoms with E-state index < -0.39 is 22.8 Å². The third kappa shape index (κ3) is 3.79. The molecule has 0 spiro atoms. The first-order chi connectivity index (χ1) is 9.27. The second-order valence-electron chi connectivity index (χ2n) is 5.20. The van der Waals surface area contributed by atoms with Crippen molar-refractivity contribution in [3.05, 3.63) is 29.6 Å². The normalized spacial score (nSPS) is 22.7. The average molecular weight is 301 g/mol. The van der Waals surface area contributed by atoms with E-state index >= 15 is 0 Å². The van der Waals surface area contributed by atoms with Crippen molar-refractivity contribution in [2.75, 3.05) is 18.1 Å². The molecule has 2 rings (SSSR count). The highest BCUT2D eigenvalue weighted by Crippen LogP contribution is 2.15. The van der Waals surface area contributed by atoms with Gasteiger partial charge in [-0.15, -0.1) is 0 Å². The zero-order valence-corrected chi connectivity index (χ0v) is 12.0. The molecular formula is C12H17BFNO4S. The second kappa shape index (κ2) is 5.81. The number of rotatable bonds is 3. The van der Waals surface area contributed by atoms with Gasteiger partial charge in [0, 0.05) is 19.1 Å². The van der Waals surface area contributed by atoms with Gasteiger partial charge in [-0.3, -0.25) is 4.90 Å². The first-order valence-electron chi connectivity index (χ1n) is 6.37. The molecule has 0 amide bonds. The fourth-order valence-corrected chi connectivity index (χ4v) is 4.04. The standard InChI is InChI=1S/C12H17BFNO4S/c1-9-8-20(18,19)3-2-15(9)7-10-4-11(13(16)17)6-12(14)5-10/h4-6,9,16-17H,2-3,7-8H2,1H3. The van der Waals surface area contributed by atoms with Crippen molar-refractivity contribution in [2.24, 2.45) is 0 Å². The van der Waals surface area contributed by atoms with Gasteiger partial charge in [-0.25, -0.2) is 12.8 Å². The van der Waals surface area contributed by atoms with Crippen LogP contribution in [0.1, 0.15) is 12.5 Å². The Morgan fingerprint density at radius 3 is 2.70 bits per heavy atom. The SMILES string of the molecule is CC1CS(=O)(=O)CCN1Cc1cc(F)cc(B(O)O)c1. The number of nitrogens with zero attached hydrogens (tertiary/aromatic N) is 1. The van der Waals surface area contributed by atoms with E-state index in [1.807, 2.05) is 11.8 Å². The van der Waals surface area contributed by atoms with Crippen molar-refractivity contribution in [2.45, 2.75) is 19.5 Å². The third-order valence-corrected chi connectivity index (χ3v) is 5.27. The lowest BCUT2D eigenvalue weighted by molar-refractivity contribution is 0.218. The summed E-state index contributed by atoms with van der Waals surface area (Å²) in [5.41, 5.74) is 0.691. The number of halogens is 1. The molecule has 1 aromatic carbocycles. The minimum absolute atomic E-state index is 0.0947. The zero-order valence-electron chi connectivity index (χ0n) is 11.2. The van der Waals surface area contributed by atoms with Gasteiger partial charge in [0.15, 0.2) is 9.84 Å². The van der Waals surface area contributed by atoms with Gasteiger partial charge in [0.25, 0.3) is 0 Å². The maximum atomic E-state index is 13.4. The Labute approximate surface area is 118 Å². The molecule has 1 heterocycles. The minimum atomic E-state index is -2.98. The molecule has 8 heteroatoms. The van der Waals surface area contributed by atoms with Crippen LogP contribution in [-0.4, -0.2) is 54.6 Å². The predicted octanol–water partition coefficient (Wildman–Crippen LogP) is -0.876. The Balaban J connectivity index is 2.14. The minimum Gasteiger partial charge on any atom is -0.423 e. The fraction of sp³-hybridized carbons (Fsp3) is 0.500. The molecule has 5 nitrogen and oxygen atoms in total. The largest absolute Gasteiger partial charge is 0.488 e. The number of benzene rings is 1. The molecule has 1 aromatic rings. The third-order valence-electron chi connectivity index (χ3n) is 3.47. The van der Waals surface area contributed by atoms with E-state index in [1.54, 1.807) is 0 Å². The van der Waals surface area contributed by atoms with Gasteiger partial charge in [-0.1, -0.05) is 6.07 Å². The summed E-state index contributed by atoms with van der Waals surface area (Å²) in [6.45, 7) is 2.60. The lowest BCUT2D eigenvalue weighted by Crippen LogP contribution is -2.46. The van der Waals surface area contributed by atoms with Gasteiger partial charge < -0.3 is 10.0 Å². The molecule has 1 aliphatic rings. The van der Waals surface area contributed by atoms with Crippen LogP contribution in [-0.2, 0) is 16.4 Å². The molecule has 110 valence electrons. The highest BCUT2D eigenvalue weighted by atomic mass is 32.2. The summed E-state index contributed by atoms with van der Waals surface area (Å²) in [5, 5.41) is 18.2. The summed E-state index contributed by atoms with van der Waals surface area (Å²) in [7, 11) is -4.70. The van der Waals surface area contributed by atoms with Crippen molar-refractivity contribution in [1.82, 2.24) is 4.90 Å². The summed E-state index contributed by atoms with van der Waals surface area (Å²) in [6, 6.07) is 3.77. The molecule has 20 heavy (non-hydrogen) atoms. The van der Waals surface area contributed by atoms with Crippen LogP contribution in [0.4, 0.5) is 4.39 Å². The van der Waals surface area contributed by atoms with E-state index in [2.05, 4.69) is 0 Å². The van der Waals surface area contributed by atoms with Crippen LogP contribution in [0.3, 0.4) is 0 Å². The van der Waals surface area contributed by atoms with E-state index in [1.165, 1.54) is 12.1 Å². The van der Waals surface area contributed by atoms with Crippen molar-refractivity contribution in [3.8, 4) is 0 Å². The van der Waals surface area contributed by atoms with Crippen LogP contribution in [0, 0.1) is 5.82 Å². The first-order valence-corrected chi connectivity index (χ1v) is 8.19.